The Labute approximate surface area is 186 Å². The number of hydrogen-bond donors (Lipinski definition) is 0. The van der Waals surface area contributed by atoms with Gasteiger partial charge in [-0.05, 0) is 5.41 Å². The zero-order valence-corrected chi connectivity index (χ0v) is 25.4. The molecule has 0 bridgehead atoms. The van der Waals surface area contributed by atoms with Gasteiger partial charge in [-0.1, -0.05) is 24.2 Å². The minimum absolute atomic E-state index is 0.0543. The van der Waals surface area contributed by atoms with E-state index in [1.54, 1.807) is 56.9 Å². The van der Waals surface area contributed by atoms with E-state index in [0.717, 1.165) is 24.2 Å². The molecule has 12 heteroatoms. The van der Waals surface area contributed by atoms with Crippen molar-refractivity contribution in [1.82, 2.24) is 0 Å². The highest BCUT2D eigenvalue weighted by atomic mass is 28.2. The van der Waals surface area contributed by atoms with Gasteiger partial charge < -0.3 is 37.9 Å². The second-order valence-electron chi connectivity index (χ2n) is 7.26. The molecule has 0 aromatic carbocycles. The number of methoxy groups -OCH3 is 8. The van der Waals surface area contributed by atoms with E-state index in [1.807, 2.05) is 0 Å². The van der Waals surface area contributed by atoms with Gasteiger partial charge in [-0.3, -0.25) is 0 Å². The van der Waals surface area contributed by atoms with Gasteiger partial charge in [0, 0.05) is 56.9 Å². The first-order valence-corrected chi connectivity index (χ1v) is 17.5. The molecule has 0 aromatic heterocycles. The van der Waals surface area contributed by atoms with Crippen LogP contribution >= 0.6 is 0 Å². The summed E-state index contributed by atoms with van der Waals surface area (Å²) in [5, 5.41) is 0. The number of hydrogen-bond acceptors (Lipinski definition) is 8. The fraction of sp³-hybridized carbons (Fsp3) is 1.00. The molecule has 0 atom stereocenters. The molecule has 0 spiro atoms. The largest absolute Gasteiger partial charge is 0.360 e. The lowest BCUT2D eigenvalue weighted by Gasteiger charge is -2.37. The van der Waals surface area contributed by atoms with Crippen LogP contribution in [-0.2, 0) is 37.9 Å². The van der Waals surface area contributed by atoms with Gasteiger partial charge in [-0.2, -0.15) is 0 Å². The van der Waals surface area contributed by atoms with Gasteiger partial charge in [-0.25, -0.2) is 0 Å². The first-order chi connectivity index (χ1) is 14.0. The van der Waals surface area contributed by atoms with Crippen molar-refractivity contribution in [3.63, 3.8) is 0 Å². The maximum absolute atomic E-state index is 5.52. The fourth-order valence-corrected chi connectivity index (χ4v) is 15.1. The molecule has 29 heavy (non-hydrogen) atoms. The van der Waals surface area contributed by atoms with Crippen LogP contribution in [0.1, 0.15) is 0 Å². The van der Waals surface area contributed by atoms with Crippen molar-refractivity contribution in [3.05, 3.63) is 0 Å². The SMILES string of the molecule is COC(OC)[SiH2]CC(C[SiH2]C(OC)OC)(C[SiH2]C(OC)OC)C[SiH2]C(OC)OC. The summed E-state index contributed by atoms with van der Waals surface area (Å²) in [5.74, 6) is -0.217. The van der Waals surface area contributed by atoms with Crippen molar-refractivity contribution in [1.29, 1.82) is 0 Å². The standard InChI is InChI=1S/C17H44O8Si4/c1-18-13(19-2)26-9-17(10-27-14(20-3)21-4,11-28-15(22-5)23-6)12-29-16(24-7)25-8/h13-16H,9-12,26-29H2,1-8H3. The van der Waals surface area contributed by atoms with E-state index in [9.17, 15) is 0 Å². The van der Waals surface area contributed by atoms with Crippen molar-refractivity contribution in [2.75, 3.05) is 56.9 Å². The Morgan fingerprint density at radius 3 is 0.724 bits per heavy atom. The third-order valence-corrected chi connectivity index (χ3v) is 15.7. The highest BCUT2D eigenvalue weighted by molar-refractivity contribution is 6.43. The lowest BCUT2D eigenvalue weighted by molar-refractivity contribution is -0.0472. The highest BCUT2D eigenvalue weighted by Gasteiger charge is 2.34. The van der Waals surface area contributed by atoms with E-state index in [-0.39, 0.29) is 29.1 Å². The Balaban J connectivity index is 5.46. The molecule has 0 rings (SSSR count). The third-order valence-electron chi connectivity index (χ3n) is 5.74. The van der Waals surface area contributed by atoms with Crippen LogP contribution in [0, 0.1) is 5.41 Å². The van der Waals surface area contributed by atoms with Gasteiger partial charge in [0.1, 0.15) is 23.7 Å². The summed E-state index contributed by atoms with van der Waals surface area (Å²) in [6.45, 7) is 0. The predicted molar refractivity (Wildman–Crippen MR) is 127 cm³/mol. The Kier molecular flexibility index (Phi) is 18.5. The molecule has 0 aliphatic carbocycles. The first kappa shape index (κ1) is 29.5. The lowest BCUT2D eigenvalue weighted by Crippen LogP contribution is -2.38. The van der Waals surface area contributed by atoms with Crippen molar-refractivity contribution in [2.45, 2.75) is 47.8 Å². The van der Waals surface area contributed by atoms with E-state index in [2.05, 4.69) is 0 Å². The second kappa shape index (κ2) is 18.2. The molecule has 0 aliphatic heterocycles. The van der Waals surface area contributed by atoms with Crippen LogP contribution in [0.3, 0.4) is 0 Å². The Hall–Kier alpha value is 0.548. The van der Waals surface area contributed by atoms with Crippen molar-refractivity contribution >= 4 is 38.1 Å². The normalized spacial score (nSPS) is 16.1. The molecular weight excluding hydrogens is 445 g/mol. The van der Waals surface area contributed by atoms with Gasteiger partial charge in [0.25, 0.3) is 0 Å². The molecule has 0 radical (unpaired) electrons. The molecule has 0 fully saturated rings. The smallest absolute Gasteiger partial charge is 0.134 e. The molecular formula is C17H44O8Si4. The Bertz CT molecular complexity index is 298. The molecule has 0 saturated carbocycles. The van der Waals surface area contributed by atoms with E-state index >= 15 is 0 Å². The summed E-state index contributed by atoms with van der Waals surface area (Å²) in [6, 6.07) is 4.64. The summed E-state index contributed by atoms with van der Waals surface area (Å²) in [7, 11) is 11.5. The minimum Gasteiger partial charge on any atom is -0.360 e. The molecule has 0 unspecified atom stereocenters. The highest BCUT2D eigenvalue weighted by Crippen LogP contribution is 2.38. The van der Waals surface area contributed by atoms with Crippen LogP contribution in [0.15, 0.2) is 0 Å². The number of rotatable bonds is 20. The van der Waals surface area contributed by atoms with Gasteiger partial charge >= 0.3 is 0 Å². The van der Waals surface area contributed by atoms with Crippen LogP contribution in [0.4, 0.5) is 0 Å². The lowest BCUT2D eigenvalue weighted by atomic mass is 9.98. The average Bonchev–Trinajstić information content (AvgIpc) is 2.76. The van der Waals surface area contributed by atoms with Gasteiger partial charge in [0.15, 0.2) is 0 Å². The Morgan fingerprint density at radius 1 is 0.414 bits per heavy atom. The summed E-state index contributed by atoms with van der Waals surface area (Å²) >= 11 is 0. The monoisotopic (exact) mass is 488 g/mol. The predicted octanol–water partition coefficient (Wildman–Crippen LogP) is -1.37. The van der Waals surface area contributed by atoms with E-state index in [1.165, 1.54) is 0 Å². The molecule has 0 aliphatic rings. The van der Waals surface area contributed by atoms with Gasteiger partial charge in [0.2, 0.25) is 0 Å². The Morgan fingerprint density at radius 2 is 0.586 bits per heavy atom. The maximum atomic E-state index is 5.52. The van der Waals surface area contributed by atoms with Crippen LogP contribution in [-0.4, -0.2) is 119 Å². The summed E-state index contributed by atoms with van der Waals surface area (Å²) < 4.78 is 44.2. The van der Waals surface area contributed by atoms with Crippen LogP contribution < -0.4 is 0 Å². The molecule has 0 amide bonds. The summed E-state index contributed by atoms with van der Waals surface area (Å²) in [5.41, 5.74) is 0.228. The average molecular weight is 489 g/mol. The third kappa shape index (κ3) is 12.2. The molecule has 0 saturated heterocycles. The zero-order chi connectivity index (χ0) is 22.1. The summed E-state index contributed by atoms with van der Waals surface area (Å²) in [6.07, 6.45) is 0. The van der Waals surface area contributed by atoms with Crippen molar-refractivity contribution in [3.8, 4) is 0 Å². The molecule has 0 heterocycles. The zero-order valence-electron chi connectivity index (χ0n) is 19.7. The van der Waals surface area contributed by atoms with Crippen LogP contribution in [0.2, 0.25) is 24.2 Å². The molecule has 8 nitrogen and oxygen atoms in total. The van der Waals surface area contributed by atoms with Crippen molar-refractivity contribution in [2.24, 2.45) is 5.41 Å². The quantitative estimate of drug-likeness (QED) is 0.153. The maximum Gasteiger partial charge on any atom is 0.134 e. The van der Waals surface area contributed by atoms with E-state index in [4.69, 9.17) is 37.9 Å². The van der Waals surface area contributed by atoms with Gasteiger partial charge in [-0.15, -0.1) is 0 Å². The molecule has 0 N–H and O–H groups in total. The van der Waals surface area contributed by atoms with Crippen LogP contribution in [0.5, 0.6) is 0 Å². The van der Waals surface area contributed by atoms with E-state index < -0.39 is 38.1 Å². The topological polar surface area (TPSA) is 73.8 Å². The van der Waals surface area contributed by atoms with Crippen molar-refractivity contribution < 1.29 is 37.9 Å². The molecule has 0 aromatic rings. The number of ether oxygens (including phenoxy) is 8. The van der Waals surface area contributed by atoms with E-state index in [0.29, 0.717) is 0 Å². The summed E-state index contributed by atoms with van der Waals surface area (Å²) in [4.78, 5) is 0. The fourth-order valence-electron chi connectivity index (χ4n) is 3.77. The van der Waals surface area contributed by atoms with Gasteiger partial charge in [0.05, 0.1) is 38.1 Å². The first-order valence-electron chi connectivity index (χ1n) is 10.2. The minimum atomic E-state index is -0.574. The second-order valence-corrected chi connectivity index (χ2v) is 14.2. The van der Waals surface area contributed by atoms with Crippen LogP contribution in [0.25, 0.3) is 0 Å². The molecule has 176 valence electrons.